The van der Waals surface area contributed by atoms with Crippen LogP contribution in [0.15, 0.2) is 34.9 Å². The maximum Gasteiger partial charge on any atom is 0.256 e. The first-order valence-electron chi connectivity index (χ1n) is 8.89. The summed E-state index contributed by atoms with van der Waals surface area (Å²) in [7, 11) is 0. The number of aryl methyl sites for hydroxylation is 2. The average Bonchev–Trinajstić information content (AvgIpc) is 3.35. The summed E-state index contributed by atoms with van der Waals surface area (Å²) in [5, 5.41) is 8.61. The Labute approximate surface area is 152 Å². The number of rotatable bonds is 5. The third-order valence-electron chi connectivity index (χ3n) is 4.85. The molecule has 1 aromatic carbocycles. The molecule has 0 saturated carbocycles. The molecule has 3 heterocycles. The van der Waals surface area contributed by atoms with Gasteiger partial charge in [0.1, 0.15) is 6.10 Å². The Morgan fingerprint density at radius 2 is 2.04 bits per heavy atom. The molecule has 0 aliphatic carbocycles. The summed E-state index contributed by atoms with van der Waals surface area (Å²) >= 11 is 0. The van der Waals surface area contributed by atoms with Crippen LogP contribution in [0, 0.1) is 19.8 Å². The summed E-state index contributed by atoms with van der Waals surface area (Å²) < 4.78 is 13.1. The SMILES string of the molecule is Cc1cc(C)n(Cc2ccc(-c3noc([C@H]4OCC[C@H]4CN)n3)cc2)n1. The molecule has 26 heavy (non-hydrogen) atoms. The molecular formula is C19H23N5O2. The Balaban J connectivity index is 1.49. The average molecular weight is 353 g/mol. The Hall–Kier alpha value is -2.51. The summed E-state index contributed by atoms with van der Waals surface area (Å²) in [5.41, 5.74) is 10.1. The highest BCUT2D eigenvalue weighted by atomic mass is 16.5. The topological polar surface area (TPSA) is 92.0 Å². The lowest BCUT2D eigenvalue weighted by Gasteiger charge is -2.11. The summed E-state index contributed by atoms with van der Waals surface area (Å²) in [6.45, 7) is 6.05. The number of ether oxygens (including phenoxy) is 1. The lowest BCUT2D eigenvalue weighted by Crippen LogP contribution is -2.18. The number of nitrogens with two attached hydrogens (primary N) is 1. The molecular weight excluding hydrogens is 330 g/mol. The van der Waals surface area contributed by atoms with Crippen LogP contribution in [0.4, 0.5) is 0 Å². The predicted octanol–water partition coefficient (Wildman–Crippen LogP) is 2.63. The second-order valence-corrected chi connectivity index (χ2v) is 6.81. The van der Waals surface area contributed by atoms with Gasteiger partial charge in [-0.2, -0.15) is 10.1 Å². The van der Waals surface area contributed by atoms with Crippen molar-refractivity contribution in [3.05, 3.63) is 53.2 Å². The quantitative estimate of drug-likeness (QED) is 0.758. The second kappa shape index (κ2) is 7.01. The molecule has 0 amide bonds. The van der Waals surface area contributed by atoms with Gasteiger partial charge < -0.3 is 15.0 Å². The van der Waals surface area contributed by atoms with Crippen LogP contribution >= 0.6 is 0 Å². The standard InChI is InChI=1S/C19H23N5O2/c1-12-9-13(2)24(22-12)11-14-3-5-15(6-4-14)18-21-19(26-23-18)17-16(10-20)7-8-25-17/h3-6,9,16-17H,7-8,10-11,20H2,1-2H3/t16-,17-/m0/s1. The van der Waals surface area contributed by atoms with Crippen LogP contribution < -0.4 is 5.73 Å². The summed E-state index contributed by atoms with van der Waals surface area (Å²) in [6, 6.07) is 10.2. The van der Waals surface area contributed by atoms with E-state index in [-0.39, 0.29) is 12.0 Å². The maximum atomic E-state index is 5.79. The lowest BCUT2D eigenvalue weighted by molar-refractivity contribution is 0.0642. The third-order valence-corrected chi connectivity index (χ3v) is 4.85. The molecule has 2 N–H and O–H groups in total. The van der Waals surface area contributed by atoms with Gasteiger partial charge in [0, 0.05) is 23.8 Å². The molecule has 3 aromatic rings. The fraction of sp³-hybridized carbons (Fsp3) is 0.421. The fourth-order valence-corrected chi connectivity index (χ4v) is 3.38. The van der Waals surface area contributed by atoms with Gasteiger partial charge in [-0.05, 0) is 38.4 Å². The van der Waals surface area contributed by atoms with Crippen molar-refractivity contribution in [1.82, 2.24) is 19.9 Å². The molecule has 1 aliphatic heterocycles. The Kier molecular flexibility index (Phi) is 4.57. The molecule has 1 fully saturated rings. The van der Waals surface area contributed by atoms with Gasteiger partial charge in [0.05, 0.1) is 12.2 Å². The largest absolute Gasteiger partial charge is 0.368 e. The minimum absolute atomic E-state index is 0.188. The lowest BCUT2D eigenvalue weighted by atomic mass is 10.0. The van der Waals surface area contributed by atoms with Gasteiger partial charge in [0.2, 0.25) is 5.82 Å². The number of nitrogens with zero attached hydrogens (tertiary/aromatic N) is 4. The van der Waals surface area contributed by atoms with E-state index < -0.39 is 0 Å². The van der Waals surface area contributed by atoms with Gasteiger partial charge in [0.25, 0.3) is 5.89 Å². The zero-order valence-electron chi connectivity index (χ0n) is 15.1. The number of aromatic nitrogens is 4. The van der Waals surface area contributed by atoms with Gasteiger partial charge >= 0.3 is 0 Å². The van der Waals surface area contributed by atoms with Gasteiger partial charge in [-0.25, -0.2) is 0 Å². The first kappa shape index (κ1) is 16.9. The van der Waals surface area contributed by atoms with Gasteiger partial charge in [-0.15, -0.1) is 0 Å². The van der Waals surface area contributed by atoms with E-state index in [1.54, 1.807) is 0 Å². The number of hydrogen-bond acceptors (Lipinski definition) is 6. The zero-order chi connectivity index (χ0) is 18.1. The molecule has 0 radical (unpaired) electrons. The van der Waals surface area contributed by atoms with E-state index in [1.807, 2.05) is 23.7 Å². The normalized spacial score (nSPS) is 20.0. The molecule has 0 unspecified atom stereocenters. The molecule has 1 aliphatic rings. The van der Waals surface area contributed by atoms with E-state index in [1.165, 1.54) is 5.56 Å². The van der Waals surface area contributed by atoms with E-state index in [2.05, 4.69) is 40.4 Å². The minimum atomic E-state index is -0.188. The zero-order valence-corrected chi connectivity index (χ0v) is 15.1. The van der Waals surface area contributed by atoms with Crippen LogP contribution in [0.25, 0.3) is 11.4 Å². The summed E-state index contributed by atoms with van der Waals surface area (Å²) in [4.78, 5) is 4.52. The van der Waals surface area contributed by atoms with E-state index in [4.69, 9.17) is 15.0 Å². The van der Waals surface area contributed by atoms with Crippen LogP contribution in [0.3, 0.4) is 0 Å². The van der Waals surface area contributed by atoms with E-state index in [0.29, 0.717) is 24.9 Å². The van der Waals surface area contributed by atoms with Crippen molar-refractivity contribution in [3.63, 3.8) is 0 Å². The molecule has 7 nitrogen and oxygen atoms in total. The van der Waals surface area contributed by atoms with Gasteiger partial charge in [-0.3, -0.25) is 4.68 Å². The molecule has 0 spiro atoms. The highest BCUT2D eigenvalue weighted by Gasteiger charge is 2.33. The monoisotopic (exact) mass is 353 g/mol. The van der Waals surface area contributed by atoms with Crippen LogP contribution in [-0.2, 0) is 11.3 Å². The van der Waals surface area contributed by atoms with Crippen molar-refractivity contribution >= 4 is 0 Å². The van der Waals surface area contributed by atoms with Crippen molar-refractivity contribution in [1.29, 1.82) is 0 Å². The van der Waals surface area contributed by atoms with Gasteiger partial charge in [-0.1, -0.05) is 29.4 Å². The van der Waals surface area contributed by atoms with Crippen LogP contribution in [0.2, 0.25) is 0 Å². The summed E-state index contributed by atoms with van der Waals surface area (Å²) in [6.07, 6.45) is 0.742. The predicted molar refractivity (Wildman–Crippen MR) is 96.4 cm³/mol. The third kappa shape index (κ3) is 3.27. The number of hydrogen-bond donors (Lipinski definition) is 1. The summed E-state index contributed by atoms with van der Waals surface area (Å²) in [5.74, 6) is 1.33. The highest BCUT2D eigenvalue weighted by Crippen LogP contribution is 2.33. The van der Waals surface area contributed by atoms with Crippen molar-refractivity contribution < 1.29 is 9.26 Å². The highest BCUT2D eigenvalue weighted by molar-refractivity contribution is 5.54. The first-order chi connectivity index (χ1) is 12.6. The first-order valence-corrected chi connectivity index (χ1v) is 8.89. The molecule has 7 heteroatoms. The van der Waals surface area contributed by atoms with E-state index >= 15 is 0 Å². The maximum absolute atomic E-state index is 5.79. The van der Waals surface area contributed by atoms with Crippen molar-refractivity contribution in [2.75, 3.05) is 13.2 Å². The van der Waals surface area contributed by atoms with Crippen molar-refractivity contribution in [2.45, 2.75) is 32.9 Å². The molecule has 2 atom stereocenters. The van der Waals surface area contributed by atoms with Crippen molar-refractivity contribution in [3.8, 4) is 11.4 Å². The molecule has 0 bridgehead atoms. The Bertz CT molecular complexity index is 884. The second-order valence-electron chi connectivity index (χ2n) is 6.81. The minimum Gasteiger partial charge on any atom is -0.368 e. The van der Waals surface area contributed by atoms with Crippen molar-refractivity contribution in [2.24, 2.45) is 11.7 Å². The Morgan fingerprint density at radius 3 is 2.73 bits per heavy atom. The molecule has 2 aromatic heterocycles. The van der Waals surface area contributed by atoms with Crippen LogP contribution in [0.5, 0.6) is 0 Å². The fourth-order valence-electron chi connectivity index (χ4n) is 3.38. The number of benzene rings is 1. The van der Waals surface area contributed by atoms with Crippen LogP contribution in [0.1, 0.15) is 35.4 Å². The smallest absolute Gasteiger partial charge is 0.256 e. The molecule has 136 valence electrons. The molecule has 1 saturated heterocycles. The van der Waals surface area contributed by atoms with E-state index in [0.717, 1.165) is 29.9 Å². The molecule has 4 rings (SSSR count). The van der Waals surface area contributed by atoms with Crippen LogP contribution in [-0.4, -0.2) is 33.1 Å². The Morgan fingerprint density at radius 1 is 1.23 bits per heavy atom. The van der Waals surface area contributed by atoms with Gasteiger partial charge in [0.15, 0.2) is 0 Å². The van der Waals surface area contributed by atoms with E-state index in [9.17, 15) is 0 Å².